The van der Waals surface area contributed by atoms with E-state index in [0.717, 1.165) is 5.56 Å². The molecule has 1 N–H and O–H groups in total. The number of hydrogen-bond donors (Lipinski definition) is 1. The van der Waals surface area contributed by atoms with Crippen molar-refractivity contribution in [1.82, 2.24) is 0 Å². The second kappa shape index (κ2) is 6.88. The van der Waals surface area contributed by atoms with E-state index < -0.39 is 5.91 Å². The van der Waals surface area contributed by atoms with Gasteiger partial charge in [0.15, 0.2) is 0 Å². The maximum Gasteiger partial charge on any atom is 0.266 e. The Balaban J connectivity index is 2.24. The van der Waals surface area contributed by atoms with Gasteiger partial charge in [0.25, 0.3) is 5.91 Å². The van der Waals surface area contributed by atoms with Crippen molar-refractivity contribution >= 4 is 29.3 Å². The fraction of sp³-hybridized carbons (Fsp3) is 0.0588. The molecule has 5 heteroatoms. The van der Waals surface area contributed by atoms with Gasteiger partial charge in [0, 0.05) is 10.7 Å². The zero-order valence-corrected chi connectivity index (χ0v) is 12.5. The monoisotopic (exact) mass is 314 g/mol. The maximum absolute atomic E-state index is 12.9. The van der Waals surface area contributed by atoms with E-state index in [-0.39, 0.29) is 11.4 Å². The first-order valence-corrected chi connectivity index (χ1v) is 6.83. The molecule has 2 aromatic carbocycles. The molecule has 0 radical (unpaired) electrons. The van der Waals surface area contributed by atoms with Crippen LogP contribution in [0.5, 0.6) is 0 Å². The molecule has 0 aliphatic heterocycles. The number of hydrogen-bond acceptors (Lipinski definition) is 2. The van der Waals surface area contributed by atoms with Crippen LogP contribution in [-0.2, 0) is 4.79 Å². The van der Waals surface area contributed by atoms with Gasteiger partial charge in [0.1, 0.15) is 17.5 Å². The topological polar surface area (TPSA) is 52.9 Å². The lowest BCUT2D eigenvalue weighted by molar-refractivity contribution is -0.112. The molecule has 0 aliphatic rings. The van der Waals surface area contributed by atoms with Crippen LogP contribution in [0.2, 0.25) is 5.02 Å². The summed E-state index contributed by atoms with van der Waals surface area (Å²) in [5.41, 5.74) is 1.75. The van der Waals surface area contributed by atoms with Gasteiger partial charge in [0.2, 0.25) is 0 Å². The lowest BCUT2D eigenvalue weighted by Gasteiger charge is -2.08. The maximum atomic E-state index is 12.9. The third-order valence-corrected chi connectivity index (χ3v) is 3.47. The summed E-state index contributed by atoms with van der Waals surface area (Å²) in [7, 11) is 0. The number of carbonyl (C=O) groups is 1. The quantitative estimate of drug-likeness (QED) is 0.677. The van der Waals surface area contributed by atoms with Gasteiger partial charge in [-0.15, -0.1) is 0 Å². The van der Waals surface area contributed by atoms with E-state index in [1.54, 1.807) is 25.1 Å². The van der Waals surface area contributed by atoms with Crippen molar-refractivity contribution in [3.8, 4) is 6.07 Å². The largest absolute Gasteiger partial charge is 0.321 e. The number of amides is 1. The Morgan fingerprint density at radius 1 is 1.27 bits per heavy atom. The van der Waals surface area contributed by atoms with E-state index in [9.17, 15) is 9.18 Å². The highest BCUT2D eigenvalue weighted by molar-refractivity contribution is 6.31. The Bertz CT molecular complexity index is 776. The standard InChI is InChI=1S/C17H12ClFN2O/c1-11-15(18)3-2-4-16(11)21-17(22)13(10-20)9-12-5-7-14(19)8-6-12/h2-9H,1H3,(H,21,22)/b13-9+. The van der Waals surface area contributed by atoms with Crippen molar-refractivity contribution in [2.75, 3.05) is 5.32 Å². The first-order chi connectivity index (χ1) is 10.5. The smallest absolute Gasteiger partial charge is 0.266 e. The molecule has 0 saturated heterocycles. The second-order valence-corrected chi connectivity index (χ2v) is 5.00. The Kier molecular flexibility index (Phi) is 4.92. The fourth-order valence-corrected chi connectivity index (χ4v) is 1.98. The third-order valence-electron chi connectivity index (χ3n) is 3.06. The van der Waals surface area contributed by atoms with Gasteiger partial charge in [0.05, 0.1) is 0 Å². The fourth-order valence-electron chi connectivity index (χ4n) is 1.81. The highest BCUT2D eigenvalue weighted by Crippen LogP contribution is 2.23. The molecule has 0 fully saturated rings. The molecule has 2 rings (SSSR count). The number of nitriles is 1. The van der Waals surface area contributed by atoms with Crippen molar-refractivity contribution in [3.05, 3.63) is 70.0 Å². The Hall–Kier alpha value is -2.64. The van der Waals surface area contributed by atoms with Crippen LogP contribution in [-0.4, -0.2) is 5.91 Å². The zero-order valence-electron chi connectivity index (χ0n) is 11.7. The molecule has 0 atom stereocenters. The first kappa shape index (κ1) is 15.7. The van der Waals surface area contributed by atoms with E-state index in [0.29, 0.717) is 16.3 Å². The number of rotatable bonds is 3. The molecule has 22 heavy (non-hydrogen) atoms. The van der Waals surface area contributed by atoms with Gasteiger partial charge in [-0.3, -0.25) is 4.79 Å². The summed E-state index contributed by atoms with van der Waals surface area (Å²) in [5, 5.41) is 12.3. The van der Waals surface area contributed by atoms with Crippen molar-refractivity contribution in [1.29, 1.82) is 5.26 Å². The van der Waals surface area contributed by atoms with Gasteiger partial charge in [-0.2, -0.15) is 5.26 Å². The van der Waals surface area contributed by atoms with Crippen LogP contribution >= 0.6 is 11.6 Å². The van der Waals surface area contributed by atoms with Crippen LogP contribution in [0.3, 0.4) is 0 Å². The van der Waals surface area contributed by atoms with Gasteiger partial charge in [-0.05, 0) is 48.4 Å². The van der Waals surface area contributed by atoms with Crippen molar-refractivity contribution in [2.45, 2.75) is 6.92 Å². The minimum absolute atomic E-state index is 0.0778. The van der Waals surface area contributed by atoms with Crippen molar-refractivity contribution in [3.63, 3.8) is 0 Å². The summed E-state index contributed by atoms with van der Waals surface area (Å²) >= 11 is 5.99. The van der Waals surface area contributed by atoms with E-state index in [2.05, 4.69) is 5.32 Å². The van der Waals surface area contributed by atoms with Crippen LogP contribution in [0.4, 0.5) is 10.1 Å². The van der Waals surface area contributed by atoms with Crippen LogP contribution in [0.25, 0.3) is 6.08 Å². The minimum Gasteiger partial charge on any atom is -0.321 e. The van der Waals surface area contributed by atoms with Crippen LogP contribution in [0.15, 0.2) is 48.0 Å². The molecule has 0 unspecified atom stereocenters. The first-order valence-electron chi connectivity index (χ1n) is 6.45. The van der Waals surface area contributed by atoms with Gasteiger partial charge in [-0.1, -0.05) is 29.8 Å². The number of halogens is 2. The summed E-state index contributed by atoms with van der Waals surface area (Å²) in [4.78, 5) is 12.2. The molecule has 1 amide bonds. The van der Waals surface area contributed by atoms with Gasteiger partial charge >= 0.3 is 0 Å². The van der Waals surface area contributed by atoms with E-state index in [4.69, 9.17) is 16.9 Å². The summed E-state index contributed by atoms with van der Waals surface area (Å²) in [6.07, 6.45) is 1.40. The van der Waals surface area contributed by atoms with Crippen molar-refractivity contribution < 1.29 is 9.18 Å². The molecular weight excluding hydrogens is 303 g/mol. The number of benzene rings is 2. The predicted molar refractivity (Wildman–Crippen MR) is 84.8 cm³/mol. The number of nitrogens with zero attached hydrogens (tertiary/aromatic N) is 1. The van der Waals surface area contributed by atoms with Crippen LogP contribution in [0, 0.1) is 24.1 Å². The normalized spacial score (nSPS) is 10.9. The van der Waals surface area contributed by atoms with Gasteiger partial charge < -0.3 is 5.32 Å². The molecular formula is C17H12ClFN2O. The molecule has 3 nitrogen and oxygen atoms in total. The highest BCUT2D eigenvalue weighted by Gasteiger charge is 2.11. The number of nitrogens with one attached hydrogen (secondary N) is 1. The molecule has 0 saturated carbocycles. The molecule has 2 aromatic rings. The van der Waals surface area contributed by atoms with Crippen LogP contribution < -0.4 is 5.32 Å². The van der Waals surface area contributed by atoms with Crippen LogP contribution in [0.1, 0.15) is 11.1 Å². The van der Waals surface area contributed by atoms with Gasteiger partial charge in [-0.25, -0.2) is 4.39 Å². The predicted octanol–water partition coefficient (Wildman–Crippen LogP) is 4.33. The van der Waals surface area contributed by atoms with E-state index in [1.165, 1.54) is 30.3 Å². The lowest BCUT2D eigenvalue weighted by atomic mass is 10.1. The molecule has 0 bridgehead atoms. The SMILES string of the molecule is Cc1c(Cl)cccc1NC(=O)/C(C#N)=C/c1ccc(F)cc1. The third kappa shape index (κ3) is 3.72. The number of anilines is 1. The summed E-state index contributed by atoms with van der Waals surface area (Å²) in [6.45, 7) is 1.77. The molecule has 0 heterocycles. The summed E-state index contributed by atoms with van der Waals surface area (Å²) in [6, 6.07) is 12.5. The summed E-state index contributed by atoms with van der Waals surface area (Å²) in [5.74, 6) is -0.924. The van der Waals surface area contributed by atoms with Crippen molar-refractivity contribution in [2.24, 2.45) is 0 Å². The average molecular weight is 315 g/mol. The highest BCUT2D eigenvalue weighted by atomic mass is 35.5. The molecule has 110 valence electrons. The zero-order chi connectivity index (χ0) is 16.1. The lowest BCUT2D eigenvalue weighted by Crippen LogP contribution is -2.14. The Labute approximate surface area is 132 Å². The van der Waals surface area contributed by atoms with E-state index in [1.807, 2.05) is 6.07 Å². The number of carbonyl (C=O) groups excluding carboxylic acids is 1. The molecule has 0 spiro atoms. The average Bonchev–Trinajstić information content (AvgIpc) is 2.51. The Morgan fingerprint density at radius 2 is 1.95 bits per heavy atom. The second-order valence-electron chi connectivity index (χ2n) is 4.59. The Morgan fingerprint density at radius 3 is 2.59 bits per heavy atom. The van der Waals surface area contributed by atoms with E-state index >= 15 is 0 Å². The molecule has 0 aromatic heterocycles. The molecule has 0 aliphatic carbocycles. The minimum atomic E-state index is -0.544. The summed E-state index contributed by atoms with van der Waals surface area (Å²) < 4.78 is 12.9.